The molecule has 0 saturated heterocycles. The van der Waals surface area contributed by atoms with Gasteiger partial charge in [0.25, 0.3) is 0 Å². The summed E-state index contributed by atoms with van der Waals surface area (Å²) in [6.07, 6.45) is 7.18. The Labute approximate surface area is 129 Å². The van der Waals surface area contributed by atoms with Crippen molar-refractivity contribution in [1.82, 2.24) is 10.3 Å². The van der Waals surface area contributed by atoms with E-state index >= 15 is 0 Å². The first kappa shape index (κ1) is 14.4. The Morgan fingerprint density at radius 1 is 1.20 bits per heavy atom. The maximum atomic E-state index is 4.65. The van der Waals surface area contributed by atoms with E-state index in [1.807, 2.05) is 23.1 Å². The third-order valence-corrected chi connectivity index (χ3v) is 6.12. The number of thiazole rings is 1. The Hall–Kier alpha value is -0.580. The molecule has 1 fully saturated rings. The van der Waals surface area contributed by atoms with Gasteiger partial charge in [-0.25, -0.2) is 4.98 Å². The van der Waals surface area contributed by atoms with Crippen molar-refractivity contribution in [2.24, 2.45) is 5.92 Å². The van der Waals surface area contributed by atoms with Crippen LogP contribution in [0, 0.1) is 5.92 Å². The Kier molecular flexibility index (Phi) is 5.34. The first-order chi connectivity index (χ1) is 9.92. The molecule has 1 aliphatic carbocycles. The van der Waals surface area contributed by atoms with E-state index in [9.17, 15) is 0 Å². The summed E-state index contributed by atoms with van der Waals surface area (Å²) in [6, 6.07) is 8.39. The van der Waals surface area contributed by atoms with Crippen molar-refractivity contribution in [3.05, 3.63) is 24.3 Å². The van der Waals surface area contributed by atoms with E-state index in [1.165, 1.54) is 47.7 Å². The van der Waals surface area contributed by atoms with Crippen LogP contribution in [0.1, 0.15) is 32.1 Å². The predicted octanol–water partition coefficient (Wildman–Crippen LogP) is 4.56. The maximum absolute atomic E-state index is 4.65. The highest BCUT2D eigenvalue weighted by molar-refractivity contribution is 8.01. The van der Waals surface area contributed by atoms with Crippen molar-refractivity contribution >= 4 is 33.3 Å². The van der Waals surface area contributed by atoms with Gasteiger partial charge in [-0.05, 0) is 37.4 Å². The number of hydrogen-bond acceptors (Lipinski definition) is 4. The van der Waals surface area contributed by atoms with Crippen LogP contribution >= 0.6 is 23.1 Å². The van der Waals surface area contributed by atoms with Gasteiger partial charge in [-0.3, -0.25) is 0 Å². The van der Waals surface area contributed by atoms with Crippen LogP contribution in [-0.4, -0.2) is 23.8 Å². The Balaban J connectivity index is 1.37. The van der Waals surface area contributed by atoms with Crippen molar-refractivity contribution in [1.29, 1.82) is 0 Å². The van der Waals surface area contributed by atoms with E-state index in [0.717, 1.165) is 23.7 Å². The summed E-state index contributed by atoms with van der Waals surface area (Å²) in [6.45, 7) is 2.30. The summed E-state index contributed by atoms with van der Waals surface area (Å²) in [7, 11) is 0. The summed E-state index contributed by atoms with van der Waals surface area (Å²) in [5, 5.41) is 3.62. The average molecular weight is 306 g/mol. The molecule has 0 unspecified atom stereocenters. The molecular weight excluding hydrogens is 284 g/mol. The number of fused-ring (bicyclic) bond motifs is 1. The van der Waals surface area contributed by atoms with Crippen LogP contribution in [0.2, 0.25) is 0 Å². The lowest BCUT2D eigenvalue weighted by atomic mass is 9.89. The van der Waals surface area contributed by atoms with E-state index in [2.05, 4.69) is 34.6 Å². The molecule has 1 aliphatic rings. The summed E-state index contributed by atoms with van der Waals surface area (Å²) in [5.41, 5.74) is 1.13. The largest absolute Gasteiger partial charge is 0.316 e. The van der Waals surface area contributed by atoms with Gasteiger partial charge in [0.15, 0.2) is 4.34 Å². The van der Waals surface area contributed by atoms with Gasteiger partial charge in [-0.1, -0.05) is 43.2 Å². The van der Waals surface area contributed by atoms with E-state index in [4.69, 9.17) is 0 Å². The summed E-state index contributed by atoms with van der Waals surface area (Å²) in [5.74, 6) is 2.04. The molecule has 2 aromatic rings. The topological polar surface area (TPSA) is 24.9 Å². The number of aromatic nitrogens is 1. The molecule has 0 amide bonds. The Morgan fingerprint density at radius 2 is 2.05 bits per heavy atom. The molecule has 2 nitrogen and oxygen atoms in total. The molecule has 3 rings (SSSR count). The van der Waals surface area contributed by atoms with Crippen LogP contribution < -0.4 is 5.32 Å². The lowest BCUT2D eigenvalue weighted by Crippen LogP contribution is -2.26. The molecule has 0 atom stereocenters. The molecular formula is C16H22N2S2. The van der Waals surface area contributed by atoms with Gasteiger partial charge >= 0.3 is 0 Å². The zero-order valence-corrected chi connectivity index (χ0v) is 13.4. The number of rotatable bonds is 6. The predicted molar refractivity (Wildman–Crippen MR) is 89.8 cm³/mol. The fourth-order valence-corrected chi connectivity index (χ4v) is 4.86. The molecule has 1 aromatic heterocycles. The second-order valence-corrected chi connectivity index (χ2v) is 7.88. The zero-order valence-electron chi connectivity index (χ0n) is 11.8. The van der Waals surface area contributed by atoms with Crippen LogP contribution in [0.15, 0.2) is 28.6 Å². The lowest BCUT2D eigenvalue weighted by Gasteiger charge is -2.21. The summed E-state index contributed by atoms with van der Waals surface area (Å²) in [4.78, 5) is 4.65. The molecule has 1 aromatic carbocycles. The third-order valence-electron chi connectivity index (χ3n) is 3.94. The minimum absolute atomic E-state index is 0.927. The van der Waals surface area contributed by atoms with E-state index < -0.39 is 0 Å². The molecule has 1 saturated carbocycles. The van der Waals surface area contributed by atoms with Crippen LogP contribution in [-0.2, 0) is 0 Å². The fraction of sp³-hybridized carbons (Fsp3) is 0.562. The van der Waals surface area contributed by atoms with Crippen molar-refractivity contribution in [2.45, 2.75) is 36.4 Å². The molecule has 108 valence electrons. The zero-order chi connectivity index (χ0) is 13.6. The lowest BCUT2D eigenvalue weighted by molar-refractivity contribution is 0.345. The number of nitrogens with one attached hydrogen (secondary N) is 1. The normalized spacial score (nSPS) is 16.8. The fourth-order valence-electron chi connectivity index (χ4n) is 2.82. The van der Waals surface area contributed by atoms with Crippen LogP contribution in [0.25, 0.3) is 10.2 Å². The van der Waals surface area contributed by atoms with Gasteiger partial charge in [0.1, 0.15) is 0 Å². The number of hydrogen-bond donors (Lipinski definition) is 1. The number of nitrogens with zero attached hydrogens (tertiary/aromatic N) is 1. The van der Waals surface area contributed by atoms with Crippen molar-refractivity contribution in [2.75, 3.05) is 18.8 Å². The quantitative estimate of drug-likeness (QED) is 0.625. The van der Waals surface area contributed by atoms with E-state index in [1.54, 1.807) is 0 Å². The Bertz CT molecular complexity index is 499. The molecule has 1 N–H and O–H groups in total. The second-order valence-electron chi connectivity index (χ2n) is 5.50. The highest BCUT2D eigenvalue weighted by Gasteiger charge is 2.12. The van der Waals surface area contributed by atoms with Gasteiger partial charge in [0.2, 0.25) is 0 Å². The molecule has 0 spiro atoms. The highest BCUT2D eigenvalue weighted by atomic mass is 32.2. The molecule has 1 heterocycles. The Morgan fingerprint density at radius 3 is 2.90 bits per heavy atom. The number of thioether (sulfide) groups is 1. The van der Waals surface area contributed by atoms with Crippen molar-refractivity contribution < 1.29 is 0 Å². The van der Waals surface area contributed by atoms with Crippen LogP contribution in [0.4, 0.5) is 0 Å². The van der Waals surface area contributed by atoms with Gasteiger partial charge in [-0.2, -0.15) is 0 Å². The SMILES string of the molecule is c1ccc2sc(SCCNCC3CCCCC3)nc2c1. The van der Waals surface area contributed by atoms with Crippen LogP contribution in [0.3, 0.4) is 0 Å². The monoisotopic (exact) mass is 306 g/mol. The highest BCUT2D eigenvalue weighted by Crippen LogP contribution is 2.29. The van der Waals surface area contributed by atoms with Gasteiger partial charge in [0.05, 0.1) is 10.2 Å². The number of para-hydroxylation sites is 1. The molecule has 4 heteroatoms. The second kappa shape index (κ2) is 7.43. The minimum atomic E-state index is 0.927. The molecule has 0 aliphatic heterocycles. The molecule has 0 bridgehead atoms. The third kappa shape index (κ3) is 3.96. The number of benzene rings is 1. The van der Waals surface area contributed by atoms with Crippen molar-refractivity contribution in [3.63, 3.8) is 0 Å². The van der Waals surface area contributed by atoms with Crippen molar-refractivity contribution in [3.8, 4) is 0 Å². The van der Waals surface area contributed by atoms with Gasteiger partial charge in [-0.15, -0.1) is 11.3 Å². The van der Waals surface area contributed by atoms with E-state index in [0.29, 0.717) is 0 Å². The first-order valence-electron chi connectivity index (χ1n) is 7.61. The van der Waals surface area contributed by atoms with E-state index in [-0.39, 0.29) is 0 Å². The molecule has 0 radical (unpaired) electrons. The smallest absolute Gasteiger partial charge is 0.151 e. The first-order valence-corrected chi connectivity index (χ1v) is 9.41. The van der Waals surface area contributed by atoms with Gasteiger partial charge < -0.3 is 5.32 Å². The minimum Gasteiger partial charge on any atom is -0.316 e. The standard InChI is InChI=1S/C16H22N2S2/c1-2-6-13(7-3-1)12-17-10-11-19-16-18-14-8-4-5-9-15(14)20-16/h4-5,8-9,13,17H,1-3,6-7,10-12H2. The van der Waals surface area contributed by atoms with Gasteiger partial charge in [0, 0.05) is 12.3 Å². The molecule has 20 heavy (non-hydrogen) atoms. The van der Waals surface area contributed by atoms with Crippen LogP contribution in [0.5, 0.6) is 0 Å². The maximum Gasteiger partial charge on any atom is 0.151 e. The summed E-state index contributed by atoms with van der Waals surface area (Å²) >= 11 is 3.69. The average Bonchev–Trinajstić information content (AvgIpc) is 2.90. The summed E-state index contributed by atoms with van der Waals surface area (Å²) < 4.78 is 2.50.